The molecule has 1 fully saturated rings. The van der Waals surface area contributed by atoms with E-state index in [0.717, 1.165) is 10.9 Å². The van der Waals surface area contributed by atoms with Gasteiger partial charge in [-0.3, -0.25) is 4.79 Å². The van der Waals surface area contributed by atoms with Crippen LogP contribution in [0.1, 0.15) is 6.42 Å². The predicted octanol–water partition coefficient (Wildman–Crippen LogP) is 0.821. The molecule has 28 heavy (non-hydrogen) atoms. The number of aliphatic hydroxyl groups excluding tert-OH is 1. The highest BCUT2D eigenvalue weighted by molar-refractivity contribution is 5.86. The lowest BCUT2D eigenvalue weighted by Crippen LogP contribution is -2.24. The van der Waals surface area contributed by atoms with Gasteiger partial charge in [-0.1, -0.05) is 18.2 Å². The van der Waals surface area contributed by atoms with Crippen molar-refractivity contribution in [2.24, 2.45) is 0 Å². The van der Waals surface area contributed by atoms with Crippen molar-refractivity contribution < 1.29 is 15.0 Å². The molecule has 3 aromatic heterocycles. The van der Waals surface area contributed by atoms with Gasteiger partial charge in [-0.25, -0.2) is 9.67 Å². The van der Waals surface area contributed by atoms with Crippen molar-refractivity contribution in [3.05, 3.63) is 36.8 Å². The Balaban J connectivity index is 1.75. The molecule has 10 nitrogen and oxygen atoms in total. The molecule has 4 aromatic rings. The van der Waals surface area contributed by atoms with Crippen molar-refractivity contribution in [2.75, 3.05) is 18.0 Å². The molecule has 142 valence electrons. The standard InChI is InChI=1S/C18H17N7O3/c26-12-5-6-23(8-12)18-21-16-15(19-10-24(16)9-14(27)28)17(22-18)25-13-4-2-1-3-11(13)7-20-25/h1-4,7,10,12,26H,5-6,8-9H2,(H,27,28)/t12-/m0/s1. The van der Waals surface area contributed by atoms with E-state index in [2.05, 4.69) is 20.1 Å². The Bertz CT molecular complexity index is 1200. The van der Waals surface area contributed by atoms with E-state index in [1.54, 1.807) is 10.9 Å². The molecule has 0 aliphatic carbocycles. The van der Waals surface area contributed by atoms with Crippen LogP contribution in [0.5, 0.6) is 0 Å². The zero-order valence-corrected chi connectivity index (χ0v) is 14.8. The third-order valence-corrected chi connectivity index (χ3v) is 4.86. The Morgan fingerprint density at radius 3 is 2.89 bits per heavy atom. The van der Waals surface area contributed by atoms with Gasteiger partial charge in [0.2, 0.25) is 5.95 Å². The van der Waals surface area contributed by atoms with Crippen molar-refractivity contribution in [2.45, 2.75) is 19.1 Å². The number of carbonyl (C=O) groups is 1. The van der Waals surface area contributed by atoms with Crippen molar-refractivity contribution in [1.29, 1.82) is 0 Å². The Hall–Kier alpha value is -3.53. The number of β-amino-alcohol motifs (C(OH)–C–C–N with tert-alkyl or cyclic N) is 1. The van der Waals surface area contributed by atoms with E-state index >= 15 is 0 Å². The number of rotatable bonds is 4. The van der Waals surface area contributed by atoms with Crippen LogP contribution in [0.4, 0.5) is 5.95 Å². The van der Waals surface area contributed by atoms with Crippen molar-refractivity contribution in [1.82, 2.24) is 29.3 Å². The number of para-hydroxylation sites is 1. The van der Waals surface area contributed by atoms with Crippen LogP contribution in [0, 0.1) is 0 Å². The van der Waals surface area contributed by atoms with Gasteiger partial charge < -0.3 is 19.7 Å². The van der Waals surface area contributed by atoms with Crippen LogP contribution in [-0.4, -0.2) is 64.7 Å². The molecule has 1 aromatic carbocycles. The van der Waals surface area contributed by atoms with Crippen LogP contribution >= 0.6 is 0 Å². The van der Waals surface area contributed by atoms with Crippen LogP contribution in [0.2, 0.25) is 0 Å². The molecular formula is C18H17N7O3. The molecular weight excluding hydrogens is 362 g/mol. The van der Waals surface area contributed by atoms with Gasteiger partial charge in [-0.05, 0) is 12.5 Å². The van der Waals surface area contributed by atoms with Gasteiger partial charge in [0.05, 0.1) is 24.1 Å². The van der Waals surface area contributed by atoms with E-state index < -0.39 is 12.1 Å². The molecule has 1 aliphatic rings. The van der Waals surface area contributed by atoms with Gasteiger partial charge in [0.1, 0.15) is 6.54 Å². The maximum atomic E-state index is 11.2. The Morgan fingerprint density at radius 2 is 2.11 bits per heavy atom. The molecule has 0 saturated carbocycles. The van der Waals surface area contributed by atoms with Gasteiger partial charge in [0.25, 0.3) is 0 Å². The van der Waals surface area contributed by atoms with E-state index in [0.29, 0.717) is 42.4 Å². The predicted molar refractivity (Wildman–Crippen MR) is 100 cm³/mol. The summed E-state index contributed by atoms with van der Waals surface area (Å²) in [7, 11) is 0. The summed E-state index contributed by atoms with van der Waals surface area (Å²) in [6.45, 7) is 0.797. The normalized spacial score (nSPS) is 17.0. The first kappa shape index (κ1) is 16.6. The number of carboxylic acids is 1. The number of hydrogen-bond acceptors (Lipinski definition) is 7. The number of imidazole rings is 1. The fraction of sp³-hybridized carbons (Fsp3) is 0.278. The van der Waals surface area contributed by atoms with Crippen LogP contribution in [0.25, 0.3) is 27.9 Å². The number of benzene rings is 1. The highest BCUT2D eigenvalue weighted by atomic mass is 16.4. The lowest BCUT2D eigenvalue weighted by Gasteiger charge is -2.17. The van der Waals surface area contributed by atoms with E-state index in [1.807, 2.05) is 29.2 Å². The summed E-state index contributed by atoms with van der Waals surface area (Å²) in [5.41, 5.74) is 1.75. The summed E-state index contributed by atoms with van der Waals surface area (Å²) in [4.78, 5) is 26.7. The molecule has 0 unspecified atom stereocenters. The molecule has 0 amide bonds. The second-order valence-corrected chi connectivity index (χ2v) is 6.79. The minimum Gasteiger partial charge on any atom is -0.480 e. The zero-order valence-electron chi connectivity index (χ0n) is 14.8. The third-order valence-electron chi connectivity index (χ3n) is 4.86. The van der Waals surface area contributed by atoms with E-state index in [-0.39, 0.29) is 6.54 Å². The monoisotopic (exact) mass is 379 g/mol. The van der Waals surface area contributed by atoms with Gasteiger partial charge in [-0.2, -0.15) is 15.1 Å². The highest BCUT2D eigenvalue weighted by Crippen LogP contribution is 2.26. The van der Waals surface area contributed by atoms with Crippen LogP contribution in [0.15, 0.2) is 36.8 Å². The summed E-state index contributed by atoms with van der Waals surface area (Å²) in [6, 6.07) is 7.74. The fourth-order valence-electron chi connectivity index (χ4n) is 3.53. The van der Waals surface area contributed by atoms with E-state index in [1.165, 1.54) is 10.9 Å². The van der Waals surface area contributed by atoms with Crippen molar-refractivity contribution in [3.8, 4) is 5.82 Å². The Kier molecular flexibility index (Phi) is 3.72. The summed E-state index contributed by atoms with van der Waals surface area (Å²) < 4.78 is 3.16. The largest absolute Gasteiger partial charge is 0.480 e. The first-order valence-electron chi connectivity index (χ1n) is 8.91. The molecule has 4 heterocycles. The molecule has 0 bridgehead atoms. The number of hydrogen-bond donors (Lipinski definition) is 2. The SMILES string of the molecule is O=C(O)Cn1cnc2c(-n3ncc4ccccc43)nc(N3CC[C@H](O)C3)nc21. The van der Waals surface area contributed by atoms with Gasteiger partial charge in [0, 0.05) is 18.5 Å². The molecule has 1 aliphatic heterocycles. The Labute approximate surface area is 158 Å². The topological polar surface area (TPSA) is 122 Å². The van der Waals surface area contributed by atoms with Gasteiger partial charge in [-0.15, -0.1) is 0 Å². The number of aliphatic hydroxyl groups is 1. The molecule has 1 atom stereocenters. The summed E-state index contributed by atoms with van der Waals surface area (Å²) in [5, 5.41) is 24.5. The molecule has 10 heteroatoms. The molecule has 5 rings (SSSR count). The van der Waals surface area contributed by atoms with E-state index in [9.17, 15) is 15.0 Å². The van der Waals surface area contributed by atoms with Crippen molar-refractivity contribution >= 4 is 34.0 Å². The van der Waals surface area contributed by atoms with Crippen LogP contribution in [-0.2, 0) is 11.3 Å². The molecule has 0 radical (unpaired) electrons. The van der Waals surface area contributed by atoms with Crippen molar-refractivity contribution in [3.63, 3.8) is 0 Å². The minimum absolute atomic E-state index is 0.255. The first-order valence-corrected chi connectivity index (χ1v) is 8.91. The van der Waals surface area contributed by atoms with Gasteiger partial charge in [0.15, 0.2) is 17.0 Å². The smallest absolute Gasteiger partial charge is 0.323 e. The summed E-state index contributed by atoms with van der Waals surface area (Å²) in [5.74, 6) is -0.0837. The maximum absolute atomic E-state index is 11.2. The van der Waals surface area contributed by atoms with Crippen LogP contribution < -0.4 is 4.90 Å². The van der Waals surface area contributed by atoms with E-state index in [4.69, 9.17) is 0 Å². The number of anilines is 1. The maximum Gasteiger partial charge on any atom is 0.323 e. The average molecular weight is 379 g/mol. The second-order valence-electron chi connectivity index (χ2n) is 6.79. The number of aliphatic carboxylic acids is 1. The first-order chi connectivity index (χ1) is 13.6. The molecule has 1 saturated heterocycles. The third kappa shape index (κ3) is 2.65. The Morgan fingerprint density at radius 1 is 1.25 bits per heavy atom. The lowest BCUT2D eigenvalue weighted by molar-refractivity contribution is -0.137. The summed E-state index contributed by atoms with van der Waals surface area (Å²) >= 11 is 0. The van der Waals surface area contributed by atoms with Gasteiger partial charge >= 0.3 is 5.97 Å². The number of fused-ring (bicyclic) bond motifs is 2. The number of nitrogens with zero attached hydrogens (tertiary/aromatic N) is 7. The highest BCUT2D eigenvalue weighted by Gasteiger charge is 2.25. The minimum atomic E-state index is -0.984. The van der Waals surface area contributed by atoms with Crippen LogP contribution in [0.3, 0.4) is 0 Å². The number of aromatic nitrogens is 6. The fourth-order valence-corrected chi connectivity index (χ4v) is 3.53. The number of carboxylic acid groups (broad SMARTS) is 1. The molecule has 2 N–H and O–H groups in total. The molecule has 0 spiro atoms. The lowest BCUT2D eigenvalue weighted by atomic mass is 10.2. The summed E-state index contributed by atoms with van der Waals surface area (Å²) in [6.07, 6.45) is 3.40. The second kappa shape index (κ2) is 6.27. The quantitative estimate of drug-likeness (QED) is 0.534. The zero-order chi connectivity index (χ0) is 19.3. The average Bonchev–Trinajstić information content (AvgIpc) is 3.39.